The summed E-state index contributed by atoms with van der Waals surface area (Å²) in [5, 5.41) is 7.30. The van der Waals surface area contributed by atoms with Gasteiger partial charge in [-0.3, -0.25) is 4.79 Å². The Balaban J connectivity index is 1.94. The van der Waals surface area contributed by atoms with Gasteiger partial charge in [-0.25, -0.2) is 9.48 Å². The Bertz CT molecular complexity index is 835. The van der Waals surface area contributed by atoms with Crippen molar-refractivity contribution in [1.82, 2.24) is 15.1 Å². The summed E-state index contributed by atoms with van der Waals surface area (Å²) in [5.41, 5.74) is 0.560. The molecule has 7 nitrogen and oxygen atoms in total. The Morgan fingerprint density at radius 3 is 2.85 bits per heavy atom. The highest BCUT2D eigenvalue weighted by molar-refractivity contribution is 9.10. The first kappa shape index (κ1) is 20.0. The number of nitrogens with zero attached hydrogens (tertiary/aromatic N) is 2. The standard InChI is InChI=1S/C17H17BrClN3O4/c1-3-25-16(23)8-11(2)20-17(24)14-6-7-22(21-14)10-26-15-5-4-12(19)9-13(15)18/h4-9H,3,10H2,1-2H3,(H,20,24)/b11-8+. The lowest BCUT2D eigenvalue weighted by Gasteiger charge is -2.08. The van der Waals surface area contributed by atoms with Crippen LogP contribution in [0.4, 0.5) is 0 Å². The first-order valence-electron chi connectivity index (χ1n) is 7.66. The molecule has 1 amide bonds. The topological polar surface area (TPSA) is 82.5 Å². The normalized spacial score (nSPS) is 11.2. The number of amides is 1. The van der Waals surface area contributed by atoms with Crippen LogP contribution < -0.4 is 10.1 Å². The fraction of sp³-hybridized carbons (Fsp3) is 0.235. The predicted molar refractivity (Wildman–Crippen MR) is 99.9 cm³/mol. The Kier molecular flexibility index (Phi) is 7.23. The number of allylic oxidation sites excluding steroid dienone is 1. The highest BCUT2D eigenvalue weighted by Gasteiger charge is 2.11. The van der Waals surface area contributed by atoms with Crippen LogP contribution in [0.5, 0.6) is 5.75 Å². The number of halogens is 2. The van der Waals surface area contributed by atoms with Crippen LogP contribution in [0.15, 0.2) is 46.7 Å². The van der Waals surface area contributed by atoms with Gasteiger partial charge in [0.2, 0.25) is 0 Å². The second-order valence-electron chi connectivity index (χ2n) is 5.12. The lowest BCUT2D eigenvalue weighted by molar-refractivity contribution is -0.137. The Morgan fingerprint density at radius 1 is 1.38 bits per heavy atom. The van der Waals surface area contributed by atoms with Crippen LogP contribution >= 0.6 is 27.5 Å². The van der Waals surface area contributed by atoms with Crippen LogP contribution in [0.1, 0.15) is 24.3 Å². The van der Waals surface area contributed by atoms with E-state index in [0.717, 1.165) is 4.47 Å². The summed E-state index contributed by atoms with van der Waals surface area (Å²) in [6, 6.07) is 6.71. The van der Waals surface area contributed by atoms with E-state index in [1.165, 1.54) is 10.8 Å². The molecule has 0 aliphatic heterocycles. The molecule has 1 heterocycles. The molecule has 0 atom stereocenters. The molecule has 0 spiro atoms. The van der Waals surface area contributed by atoms with Crippen LogP contribution in [0.2, 0.25) is 5.02 Å². The summed E-state index contributed by atoms with van der Waals surface area (Å²) in [4.78, 5) is 23.5. The second-order valence-corrected chi connectivity index (χ2v) is 6.41. The number of aromatic nitrogens is 2. The Morgan fingerprint density at radius 2 is 2.15 bits per heavy atom. The maximum Gasteiger partial charge on any atom is 0.332 e. The molecule has 1 aromatic carbocycles. The summed E-state index contributed by atoms with van der Waals surface area (Å²) >= 11 is 9.24. The number of rotatable bonds is 7. The average Bonchev–Trinajstić information content (AvgIpc) is 3.03. The van der Waals surface area contributed by atoms with E-state index in [-0.39, 0.29) is 19.0 Å². The number of carbonyl (C=O) groups is 2. The molecule has 0 fully saturated rings. The highest BCUT2D eigenvalue weighted by atomic mass is 79.9. The molecular weight excluding hydrogens is 426 g/mol. The van der Waals surface area contributed by atoms with Gasteiger partial charge in [-0.05, 0) is 54.0 Å². The monoisotopic (exact) mass is 441 g/mol. The molecule has 26 heavy (non-hydrogen) atoms. The van der Waals surface area contributed by atoms with Crippen molar-refractivity contribution in [2.45, 2.75) is 20.6 Å². The van der Waals surface area contributed by atoms with E-state index in [9.17, 15) is 9.59 Å². The minimum Gasteiger partial charge on any atom is -0.470 e. The van der Waals surface area contributed by atoms with Gasteiger partial charge in [0.1, 0.15) is 5.75 Å². The van der Waals surface area contributed by atoms with Gasteiger partial charge in [-0.15, -0.1) is 0 Å². The summed E-state index contributed by atoms with van der Waals surface area (Å²) in [5.74, 6) is -0.351. The van der Waals surface area contributed by atoms with E-state index >= 15 is 0 Å². The van der Waals surface area contributed by atoms with Gasteiger partial charge in [0.25, 0.3) is 5.91 Å². The van der Waals surface area contributed by atoms with Gasteiger partial charge in [0.05, 0.1) is 11.1 Å². The van der Waals surface area contributed by atoms with Crippen molar-refractivity contribution in [1.29, 1.82) is 0 Å². The number of carbonyl (C=O) groups excluding carboxylic acids is 2. The number of hydrogen-bond donors (Lipinski definition) is 1. The largest absolute Gasteiger partial charge is 0.470 e. The SMILES string of the molecule is CCOC(=O)/C=C(\C)NC(=O)c1ccn(COc2ccc(Cl)cc2Br)n1. The van der Waals surface area contributed by atoms with Crippen molar-refractivity contribution >= 4 is 39.4 Å². The zero-order valence-corrected chi connectivity index (χ0v) is 16.5. The van der Waals surface area contributed by atoms with Crippen LogP contribution in [-0.4, -0.2) is 28.3 Å². The summed E-state index contributed by atoms with van der Waals surface area (Å²) in [6.07, 6.45) is 2.82. The van der Waals surface area contributed by atoms with Gasteiger partial charge >= 0.3 is 5.97 Å². The number of benzene rings is 1. The maximum atomic E-state index is 12.1. The molecule has 0 bridgehead atoms. The second kappa shape index (κ2) is 9.40. The summed E-state index contributed by atoms with van der Waals surface area (Å²) in [6.45, 7) is 3.68. The van der Waals surface area contributed by atoms with Crippen LogP contribution in [0.25, 0.3) is 0 Å². The van der Waals surface area contributed by atoms with Crippen LogP contribution in [0.3, 0.4) is 0 Å². The number of esters is 1. The Hall–Kier alpha value is -2.32. The van der Waals surface area contributed by atoms with Gasteiger partial charge in [0, 0.05) is 23.0 Å². The molecule has 0 saturated heterocycles. The average molecular weight is 443 g/mol. The molecule has 2 rings (SSSR count). The molecule has 1 N–H and O–H groups in total. The van der Waals surface area contributed by atoms with E-state index in [2.05, 4.69) is 26.3 Å². The first-order valence-corrected chi connectivity index (χ1v) is 8.84. The minimum absolute atomic E-state index is 0.116. The molecule has 0 aliphatic rings. The lowest BCUT2D eigenvalue weighted by Crippen LogP contribution is -2.23. The highest BCUT2D eigenvalue weighted by Crippen LogP contribution is 2.28. The predicted octanol–water partition coefficient (Wildman–Crippen LogP) is 3.53. The third-order valence-corrected chi connectivity index (χ3v) is 3.91. The quantitative estimate of drug-likeness (QED) is 0.524. The Labute approximate surface area is 164 Å². The molecule has 0 unspecified atom stereocenters. The number of ether oxygens (including phenoxy) is 2. The first-order chi connectivity index (χ1) is 12.4. The molecule has 0 radical (unpaired) electrons. The third-order valence-electron chi connectivity index (χ3n) is 3.05. The summed E-state index contributed by atoms with van der Waals surface area (Å²) < 4.78 is 12.6. The maximum absolute atomic E-state index is 12.1. The van der Waals surface area contributed by atoms with E-state index < -0.39 is 11.9 Å². The van der Waals surface area contributed by atoms with Crippen molar-refractivity contribution in [2.24, 2.45) is 0 Å². The molecule has 138 valence electrons. The van der Waals surface area contributed by atoms with Gasteiger partial charge < -0.3 is 14.8 Å². The van der Waals surface area contributed by atoms with E-state index in [4.69, 9.17) is 21.1 Å². The number of nitrogens with one attached hydrogen (secondary N) is 1. The van der Waals surface area contributed by atoms with Gasteiger partial charge in [0.15, 0.2) is 12.4 Å². The molecule has 2 aromatic rings. The smallest absolute Gasteiger partial charge is 0.332 e. The van der Waals surface area contributed by atoms with E-state index in [1.54, 1.807) is 44.3 Å². The van der Waals surface area contributed by atoms with Crippen LogP contribution in [0, 0.1) is 0 Å². The molecule has 9 heteroatoms. The zero-order chi connectivity index (χ0) is 19.1. The van der Waals surface area contributed by atoms with Crippen LogP contribution in [-0.2, 0) is 16.3 Å². The van der Waals surface area contributed by atoms with E-state index in [0.29, 0.717) is 16.5 Å². The van der Waals surface area contributed by atoms with E-state index in [1.807, 2.05) is 0 Å². The minimum atomic E-state index is -0.516. The molecule has 0 saturated carbocycles. The van der Waals surface area contributed by atoms with Gasteiger partial charge in [-0.1, -0.05) is 11.6 Å². The zero-order valence-electron chi connectivity index (χ0n) is 14.2. The summed E-state index contributed by atoms with van der Waals surface area (Å²) in [7, 11) is 0. The fourth-order valence-electron chi connectivity index (χ4n) is 1.92. The molecule has 0 aliphatic carbocycles. The molecule has 1 aromatic heterocycles. The number of hydrogen-bond acceptors (Lipinski definition) is 5. The molecular formula is C17H17BrClN3O4. The van der Waals surface area contributed by atoms with Gasteiger partial charge in [-0.2, -0.15) is 5.10 Å². The fourth-order valence-corrected chi connectivity index (χ4v) is 2.72. The van der Waals surface area contributed by atoms with Crippen molar-refractivity contribution in [3.63, 3.8) is 0 Å². The van der Waals surface area contributed by atoms with Crippen molar-refractivity contribution in [3.05, 3.63) is 57.4 Å². The van der Waals surface area contributed by atoms with Crippen molar-refractivity contribution in [2.75, 3.05) is 6.61 Å². The van der Waals surface area contributed by atoms with Crippen molar-refractivity contribution < 1.29 is 19.1 Å². The lowest BCUT2D eigenvalue weighted by atomic mass is 10.3. The third kappa shape index (κ3) is 5.89. The van der Waals surface area contributed by atoms with Crippen molar-refractivity contribution in [3.8, 4) is 5.75 Å².